The van der Waals surface area contributed by atoms with Gasteiger partial charge < -0.3 is 0 Å². The van der Waals surface area contributed by atoms with E-state index in [4.69, 9.17) is 0 Å². The monoisotopic (exact) mass is 503 g/mol. The van der Waals surface area contributed by atoms with Crippen molar-refractivity contribution < 1.29 is 25.2 Å². The van der Waals surface area contributed by atoms with E-state index in [0.29, 0.717) is 14.7 Å². The van der Waals surface area contributed by atoms with Crippen LogP contribution in [0.1, 0.15) is 11.1 Å². The Morgan fingerprint density at radius 1 is 0.618 bits per heavy atom. The van der Waals surface area contributed by atoms with Crippen molar-refractivity contribution in [1.82, 2.24) is 0 Å². The number of alkyl halides is 3. The SMILES string of the molecule is Cc1cccc(S([OH+]S(=O)(=O)c2ccc(C(F)(F)F)cc2)(c2ccccc2)c2ccccc2)c1. The van der Waals surface area contributed by atoms with Crippen LogP contribution in [0, 0.1) is 6.92 Å². The second-order valence-electron chi connectivity index (χ2n) is 7.59. The van der Waals surface area contributed by atoms with Crippen molar-refractivity contribution in [3.63, 3.8) is 0 Å². The van der Waals surface area contributed by atoms with Gasteiger partial charge in [0, 0.05) is 0 Å². The van der Waals surface area contributed by atoms with Crippen LogP contribution >= 0.6 is 10.3 Å². The zero-order valence-electron chi connectivity index (χ0n) is 18.1. The average Bonchev–Trinajstić information content (AvgIpc) is 2.83. The summed E-state index contributed by atoms with van der Waals surface area (Å²) in [6.07, 6.45) is -4.57. The van der Waals surface area contributed by atoms with Crippen molar-refractivity contribution >= 4 is 20.4 Å². The Hall–Kier alpha value is -3.07. The molecule has 0 unspecified atom stereocenters. The van der Waals surface area contributed by atoms with Crippen molar-refractivity contribution in [2.45, 2.75) is 32.7 Å². The van der Waals surface area contributed by atoms with Gasteiger partial charge in [0.1, 0.15) is 4.90 Å². The molecule has 0 saturated heterocycles. The molecule has 4 aromatic carbocycles. The van der Waals surface area contributed by atoms with Gasteiger partial charge in [-0.15, -0.1) is 8.42 Å². The van der Waals surface area contributed by atoms with Crippen LogP contribution in [0.5, 0.6) is 0 Å². The summed E-state index contributed by atoms with van der Waals surface area (Å²) in [4.78, 5) is 1.81. The molecule has 4 rings (SSSR count). The lowest BCUT2D eigenvalue weighted by Crippen LogP contribution is -2.19. The zero-order chi connectivity index (χ0) is 24.4. The largest absolute Gasteiger partial charge is 0.422 e. The minimum atomic E-state index is -4.57. The van der Waals surface area contributed by atoms with Crippen LogP contribution < -0.4 is 0 Å². The maximum Gasteiger partial charge on any atom is 0.422 e. The van der Waals surface area contributed by atoms with Crippen LogP contribution in [-0.4, -0.2) is 12.0 Å². The molecule has 0 amide bonds. The van der Waals surface area contributed by atoms with Crippen LogP contribution in [-0.2, 0) is 16.3 Å². The van der Waals surface area contributed by atoms with E-state index in [1.165, 1.54) is 0 Å². The smallest absolute Gasteiger partial charge is 0.258 e. The minimum absolute atomic E-state index is 0.295. The lowest BCUT2D eigenvalue weighted by molar-refractivity contribution is -0.137. The second kappa shape index (κ2) is 9.29. The van der Waals surface area contributed by atoms with Gasteiger partial charge in [-0.3, -0.25) is 3.63 Å². The summed E-state index contributed by atoms with van der Waals surface area (Å²) in [5.74, 6) is 0. The Kier molecular flexibility index (Phi) is 6.58. The van der Waals surface area contributed by atoms with E-state index >= 15 is 0 Å². The Morgan fingerprint density at radius 2 is 1.12 bits per heavy atom. The average molecular weight is 504 g/mol. The highest BCUT2D eigenvalue weighted by atomic mass is 32.3. The van der Waals surface area contributed by atoms with Gasteiger partial charge in [-0.1, -0.05) is 48.5 Å². The summed E-state index contributed by atoms with van der Waals surface area (Å²) >= 11 is 0. The molecule has 8 heteroatoms. The Labute approximate surface area is 198 Å². The van der Waals surface area contributed by atoms with Gasteiger partial charge in [0.2, 0.25) is 0 Å². The molecule has 0 aromatic heterocycles. The molecular weight excluding hydrogens is 481 g/mol. The highest BCUT2D eigenvalue weighted by molar-refractivity contribution is 8.32. The molecule has 0 spiro atoms. The molecule has 3 nitrogen and oxygen atoms in total. The van der Waals surface area contributed by atoms with Crippen LogP contribution in [0.15, 0.2) is 129 Å². The number of halogens is 3. The van der Waals surface area contributed by atoms with Gasteiger partial charge in [0.25, 0.3) is 0 Å². The van der Waals surface area contributed by atoms with E-state index < -0.39 is 32.2 Å². The topological polar surface area (TPSA) is 46.9 Å². The molecule has 0 aliphatic rings. The number of rotatable bonds is 6. The van der Waals surface area contributed by atoms with E-state index in [1.807, 2.05) is 91.9 Å². The molecule has 0 atom stereocenters. The first kappa shape index (κ1) is 24.1. The highest BCUT2D eigenvalue weighted by Gasteiger charge is 2.43. The molecule has 0 aliphatic heterocycles. The van der Waals surface area contributed by atoms with Crippen molar-refractivity contribution in [3.05, 3.63) is 120 Å². The predicted octanol–water partition coefficient (Wildman–Crippen LogP) is 7.69. The highest BCUT2D eigenvalue weighted by Crippen LogP contribution is 2.68. The molecule has 0 bridgehead atoms. The first-order valence-electron chi connectivity index (χ1n) is 10.3. The molecular formula is C26H22F3O3S2+. The lowest BCUT2D eigenvalue weighted by atomic mass is 10.2. The first-order chi connectivity index (χ1) is 16.1. The normalized spacial score (nSPS) is 12.9. The number of hydrogen-bond donors (Lipinski definition) is 0. The molecule has 176 valence electrons. The van der Waals surface area contributed by atoms with Gasteiger partial charge >= 0.3 is 16.3 Å². The zero-order valence-corrected chi connectivity index (χ0v) is 19.7. The van der Waals surface area contributed by atoms with Gasteiger partial charge in [-0.25, -0.2) is 0 Å². The minimum Gasteiger partial charge on any atom is -0.258 e. The number of hydrogen-bond acceptors (Lipinski definition) is 2. The summed E-state index contributed by atoms with van der Waals surface area (Å²) in [6.45, 7) is 1.91. The van der Waals surface area contributed by atoms with Crippen molar-refractivity contribution in [2.75, 3.05) is 0 Å². The number of benzene rings is 4. The second-order valence-corrected chi connectivity index (χ2v) is 12.2. The Balaban J connectivity index is 1.95. The van der Waals surface area contributed by atoms with E-state index in [-0.39, 0.29) is 4.90 Å². The molecule has 0 saturated carbocycles. The lowest BCUT2D eigenvalue weighted by Gasteiger charge is -2.35. The quantitative estimate of drug-likeness (QED) is 0.200. The molecule has 4 aromatic rings. The van der Waals surface area contributed by atoms with Gasteiger partial charge in [-0.2, -0.15) is 13.2 Å². The van der Waals surface area contributed by atoms with Crippen LogP contribution in [0.3, 0.4) is 0 Å². The third-order valence-electron chi connectivity index (χ3n) is 5.19. The van der Waals surface area contributed by atoms with Gasteiger partial charge in [0.05, 0.1) is 30.6 Å². The van der Waals surface area contributed by atoms with E-state index in [9.17, 15) is 21.6 Å². The van der Waals surface area contributed by atoms with E-state index in [0.717, 1.165) is 29.8 Å². The molecule has 0 heterocycles. The molecule has 1 N–H and O–H groups in total. The predicted molar refractivity (Wildman–Crippen MR) is 128 cm³/mol. The van der Waals surface area contributed by atoms with Crippen LogP contribution in [0.2, 0.25) is 0 Å². The summed E-state index contributed by atoms with van der Waals surface area (Å²) < 4.78 is 70.8. The van der Waals surface area contributed by atoms with Gasteiger partial charge in [0.15, 0.2) is 0 Å². The summed E-state index contributed by atoms with van der Waals surface area (Å²) in [5, 5.41) is 0. The molecule has 0 fully saturated rings. The van der Waals surface area contributed by atoms with Crippen molar-refractivity contribution in [1.29, 1.82) is 0 Å². The third kappa shape index (κ3) is 4.75. The van der Waals surface area contributed by atoms with Gasteiger partial charge in [-0.05, 0) is 73.2 Å². The summed E-state index contributed by atoms with van der Waals surface area (Å²) in [6, 6.07) is 29.2. The molecule has 0 aliphatic carbocycles. The first-order valence-corrected chi connectivity index (χ1v) is 13.3. The van der Waals surface area contributed by atoms with E-state index in [1.54, 1.807) is 0 Å². The number of aryl methyl sites for hydroxylation is 1. The fraction of sp³-hybridized carbons (Fsp3) is 0.0769. The summed E-state index contributed by atoms with van der Waals surface area (Å²) in [7, 11) is -7.03. The third-order valence-corrected chi connectivity index (χ3v) is 10.6. The molecule has 34 heavy (non-hydrogen) atoms. The fourth-order valence-electron chi connectivity index (χ4n) is 3.58. The van der Waals surface area contributed by atoms with Crippen LogP contribution in [0.25, 0.3) is 0 Å². The molecule has 0 radical (unpaired) electrons. The summed E-state index contributed by atoms with van der Waals surface area (Å²) in [5.41, 5.74) is 0.0122. The van der Waals surface area contributed by atoms with E-state index in [2.05, 4.69) is 3.63 Å². The maximum absolute atomic E-state index is 13.6. The standard InChI is InChI=1S/C26H21F3O3S2/c1-20-9-8-14-25(19-20)33(22-10-4-2-5-11-22,23-12-6-3-7-13-23)32-34(30,31)24-17-15-21(16-18-24)26(27,28)29/h2-19H,1H3/p+1. The van der Waals surface area contributed by atoms with Crippen molar-refractivity contribution in [3.8, 4) is 0 Å². The van der Waals surface area contributed by atoms with Crippen molar-refractivity contribution in [2.24, 2.45) is 0 Å². The van der Waals surface area contributed by atoms with Crippen LogP contribution in [0.4, 0.5) is 13.2 Å². The fourth-order valence-corrected chi connectivity index (χ4v) is 9.16. The Morgan fingerprint density at radius 3 is 1.59 bits per heavy atom. The Bertz CT molecular complexity index is 1330. The maximum atomic E-state index is 13.6.